The second-order valence-corrected chi connectivity index (χ2v) is 4.76. The van der Waals surface area contributed by atoms with Gasteiger partial charge in [0.1, 0.15) is 6.04 Å². The van der Waals surface area contributed by atoms with Crippen LogP contribution in [0.15, 0.2) is 12.1 Å². The van der Waals surface area contributed by atoms with Crippen molar-refractivity contribution < 1.29 is 14.2 Å². The lowest BCUT2D eigenvalue weighted by Gasteiger charge is -2.31. The summed E-state index contributed by atoms with van der Waals surface area (Å²) in [6.45, 7) is 2.68. The van der Waals surface area contributed by atoms with Crippen molar-refractivity contribution in [3.05, 3.63) is 22.7 Å². The first kappa shape index (κ1) is 14.9. The predicted molar refractivity (Wildman–Crippen MR) is 75.3 cm³/mol. The highest BCUT2D eigenvalue weighted by atomic mass is 35.5. The number of ether oxygens (including phenoxy) is 3. The molecule has 6 heteroatoms. The zero-order valence-corrected chi connectivity index (χ0v) is 12.3. The second-order valence-electron chi connectivity index (χ2n) is 4.38. The molecule has 1 aliphatic rings. The number of nitrogens with zero attached hydrogens (tertiary/aromatic N) is 2. The molecule has 2 rings (SSSR count). The van der Waals surface area contributed by atoms with Gasteiger partial charge in [0, 0.05) is 18.7 Å². The molecule has 0 amide bonds. The largest absolute Gasteiger partial charge is 0.493 e. The van der Waals surface area contributed by atoms with Gasteiger partial charge in [0.25, 0.3) is 0 Å². The van der Waals surface area contributed by atoms with Crippen LogP contribution < -0.4 is 9.47 Å². The van der Waals surface area contributed by atoms with E-state index in [9.17, 15) is 5.26 Å². The molecule has 20 heavy (non-hydrogen) atoms. The van der Waals surface area contributed by atoms with Gasteiger partial charge >= 0.3 is 0 Å². The number of morpholine rings is 1. The molecule has 1 aromatic carbocycles. The molecule has 0 bridgehead atoms. The third kappa shape index (κ3) is 2.83. The van der Waals surface area contributed by atoms with E-state index in [1.807, 2.05) is 6.07 Å². The van der Waals surface area contributed by atoms with Crippen LogP contribution in [-0.2, 0) is 4.74 Å². The third-order valence-electron chi connectivity index (χ3n) is 3.34. The maximum Gasteiger partial charge on any atom is 0.179 e. The van der Waals surface area contributed by atoms with Crippen LogP contribution in [0.25, 0.3) is 0 Å². The Morgan fingerprint density at radius 3 is 2.55 bits per heavy atom. The van der Waals surface area contributed by atoms with Crippen LogP contribution in [-0.4, -0.2) is 45.4 Å². The van der Waals surface area contributed by atoms with E-state index in [1.165, 1.54) is 7.11 Å². The van der Waals surface area contributed by atoms with Crippen LogP contribution in [0.5, 0.6) is 11.5 Å². The Morgan fingerprint density at radius 1 is 1.30 bits per heavy atom. The second kappa shape index (κ2) is 6.80. The van der Waals surface area contributed by atoms with Crippen molar-refractivity contribution in [3.8, 4) is 17.6 Å². The molecule has 1 saturated heterocycles. The molecule has 0 aliphatic carbocycles. The van der Waals surface area contributed by atoms with E-state index in [0.717, 1.165) is 5.56 Å². The summed E-state index contributed by atoms with van der Waals surface area (Å²) in [6.07, 6.45) is 0. The minimum Gasteiger partial charge on any atom is -0.493 e. The van der Waals surface area contributed by atoms with Gasteiger partial charge in [0.2, 0.25) is 0 Å². The fraction of sp³-hybridized carbons (Fsp3) is 0.500. The number of methoxy groups -OCH3 is 2. The van der Waals surface area contributed by atoms with Crippen molar-refractivity contribution in [1.82, 2.24) is 4.90 Å². The van der Waals surface area contributed by atoms with E-state index in [-0.39, 0.29) is 0 Å². The lowest BCUT2D eigenvalue weighted by molar-refractivity contribution is 0.0266. The van der Waals surface area contributed by atoms with Crippen LogP contribution in [0.3, 0.4) is 0 Å². The summed E-state index contributed by atoms with van der Waals surface area (Å²) < 4.78 is 15.8. The first-order valence-corrected chi connectivity index (χ1v) is 6.72. The molecule has 1 aliphatic heterocycles. The summed E-state index contributed by atoms with van der Waals surface area (Å²) in [5, 5.41) is 9.90. The standard InChI is InChI=1S/C14H17ClN2O3/c1-18-12-4-3-10(13(15)14(12)19-2)11(9-16)17-5-7-20-8-6-17/h3-4,11H,5-8H2,1-2H3. The Morgan fingerprint density at radius 2 is 2.00 bits per heavy atom. The quantitative estimate of drug-likeness (QED) is 0.853. The number of nitriles is 1. The van der Waals surface area contributed by atoms with Gasteiger partial charge in [-0.1, -0.05) is 17.7 Å². The molecule has 1 atom stereocenters. The van der Waals surface area contributed by atoms with Gasteiger partial charge in [-0.05, 0) is 6.07 Å². The molecular formula is C14H17ClN2O3. The predicted octanol–water partition coefficient (Wildman–Crippen LogP) is 2.25. The summed E-state index contributed by atoms with van der Waals surface area (Å²) in [5.41, 5.74) is 0.730. The Balaban J connectivity index is 2.37. The summed E-state index contributed by atoms with van der Waals surface area (Å²) >= 11 is 6.37. The fourth-order valence-corrected chi connectivity index (χ4v) is 2.64. The fourth-order valence-electron chi connectivity index (χ4n) is 2.30. The van der Waals surface area contributed by atoms with E-state index in [0.29, 0.717) is 42.8 Å². The molecule has 1 aromatic rings. The number of rotatable bonds is 4. The normalized spacial score (nSPS) is 17.3. The van der Waals surface area contributed by atoms with E-state index in [2.05, 4.69) is 11.0 Å². The lowest BCUT2D eigenvalue weighted by atomic mass is 10.0. The van der Waals surface area contributed by atoms with Gasteiger partial charge in [0.05, 0.1) is 38.5 Å². The van der Waals surface area contributed by atoms with Crippen molar-refractivity contribution in [2.45, 2.75) is 6.04 Å². The molecule has 0 radical (unpaired) electrons. The van der Waals surface area contributed by atoms with Crippen molar-refractivity contribution in [3.63, 3.8) is 0 Å². The van der Waals surface area contributed by atoms with Crippen molar-refractivity contribution in [2.24, 2.45) is 0 Å². The highest BCUT2D eigenvalue weighted by Crippen LogP contribution is 2.40. The SMILES string of the molecule is COc1ccc(C(C#N)N2CCOCC2)c(Cl)c1OC. The average molecular weight is 297 g/mol. The Kier molecular flexibility index (Phi) is 5.07. The van der Waals surface area contributed by atoms with Gasteiger partial charge in [-0.15, -0.1) is 0 Å². The van der Waals surface area contributed by atoms with Crippen molar-refractivity contribution >= 4 is 11.6 Å². The minimum atomic E-state index is -0.411. The topological polar surface area (TPSA) is 54.7 Å². The number of benzene rings is 1. The van der Waals surface area contributed by atoms with Crippen LogP contribution in [0.4, 0.5) is 0 Å². The van der Waals surface area contributed by atoms with E-state index >= 15 is 0 Å². The molecule has 1 heterocycles. The zero-order valence-electron chi connectivity index (χ0n) is 11.6. The number of hydrogen-bond donors (Lipinski definition) is 0. The van der Waals surface area contributed by atoms with Crippen LogP contribution in [0.1, 0.15) is 11.6 Å². The smallest absolute Gasteiger partial charge is 0.179 e. The molecule has 5 nitrogen and oxygen atoms in total. The number of hydrogen-bond acceptors (Lipinski definition) is 5. The zero-order chi connectivity index (χ0) is 14.5. The van der Waals surface area contributed by atoms with Crippen molar-refractivity contribution in [1.29, 1.82) is 5.26 Å². The lowest BCUT2D eigenvalue weighted by Crippen LogP contribution is -2.38. The molecule has 0 saturated carbocycles. The first-order valence-electron chi connectivity index (χ1n) is 6.34. The average Bonchev–Trinajstić information content (AvgIpc) is 2.50. The molecule has 0 aromatic heterocycles. The molecular weight excluding hydrogens is 280 g/mol. The van der Waals surface area contributed by atoms with Crippen molar-refractivity contribution in [2.75, 3.05) is 40.5 Å². The summed E-state index contributed by atoms with van der Waals surface area (Å²) in [7, 11) is 3.08. The summed E-state index contributed by atoms with van der Waals surface area (Å²) in [5.74, 6) is 1.01. The highest BCUT2D eigenvalue weighted by molar-refractivity contribution is 6.33. The molecule has 0 N–H and O–H groups in total. The molecule has 1 unspecified atom stereocenters. The van der Waals surface area contributed by atoms with E-state index in [4.69, 9.17) is 25.8 Å². The van der Waals surface area contributed by atoms with Crippen LogP contribution >= 0.6 is 11.6 Å². The Hall–Kier alpha value is -1.48. The maximum atomic E-state index is 9.48. The summed E-state index contributed by atoms with van der Waals surface area (Å²) in [4.78, 5) is 2.05. The summed E-state index contributed by atoms with van der Waals surface area (Å²) in [6, 6.07) is 5.48. The van der Waals surface area contributed by atoms with E-state index in [1.54, 1.807) is 13.2 Å². The molecule has 0 spiro atoms. The van der Waals surface area contributed by atoms with Gasteiger partial charge in [-0.2, -0.15) is 5.26 Å². The monoisotopic (exact) mass is 296 g/mol. The maximum absolute atomic E-state index is 9.48. The van der Waals surface area contributed by atoms with E-state index < -0.39 is 6.04 Å². The minimum absolute atomic E-state index is 0.411. The van der Waals surface area contributed by atoms with Gasteiger partial charge in [0.15, 0.2) is 11.5 Å². The van der Waals surface area contributed by atoms with Gasteiger partial charge in [-0.25, -0.2) is 0 Å². The molecule has 108 valence electrons. The third-order valence-corrected chi connectivity index (χ3v) is 3.73. The highest BCUT2D eigenvalue weighted by Gasteiger charge is 2.26. The Bertz CT molecular complexity index is 510. The Labute approximate surface area is 123 Å². The first-order chi connectivity index (χ1) is 9.72. The van der Waals surface area contributed by atoms with Crippen LogP contribution in [0, 0.1) is 11.3 Å². The van der Waals surface area contributed by atoms with Crippen LogP contribution in [0.2, 0.25) is 5.02 Å². The number of halogens is 1. The van der Waals surface area contributed by atoms with Gasteiger partial charge in [-0.3, -0.25) is 4.90 Å². The molecule has 1 fully saturated rings. The van der Waals surface area contributed by atoms with Gasteiger partial charge < -0.3 is 14.2 Å².